The number of nitriles is 1. The second-order valence-electron chi connectivity index (χ2n) is 1.82. The molecule has 0 fully saturated rings. The van der Waals surface area contributed by atoms with Crippen LogP contribution in [0.3, 0.4) is 0 Å². The van der Waals surface area contributed by atoms with Gasteiger partial charge in [0.15, 0.2) is 0 Å². The first-order valence-corrected chi connectivity index (χ1v) is 7.76. The Hall–Kier alpha value is 0.187. The normalized spacial score (nSPS) is 16.8. The van der Waals surface area contributed by atoms with E-state index in [9.17, 15) is 0 Å². The molecular formula is C5H10BrNSi. The number of hydrogen-bond donors (Lipinski definition) is 0. The zero-order valence-electron chi connectivity index (χ0n) is 5.19. The summed E-state index contributed by atoms with van der Waals surface area (Å²) in [5, 5.41) is 8.45. The molecule has 2 unspecified atom stereocenters. The second kappa shape index (κ2) is 4.10. The van der Waals surface area contributed by atoms with E-state index in [0.29, 0.717) is 5.54 Å². The third kappa shape index (κ3) is 2.48. The van der Waals surface area contributed by atoms with Crippen LogP contribution in [-0.4, -0.2) is 7.42 Å². The van der Waals surface area contributed by atoms with Gasteiger partial charge < -0.3 is 0 Å². The minimum Gasteiger partial charge on any atom is -0.198 e. The lowest BCUT2D eigenvalue weighted by molar-refractivity contribution is 0.951. The zero-order valence-corrected chi connectivity index (χ0v) is 7.93. The summed E-state index contributed by atoms with van der Waals surface area (Å²) >= 11 is 3.48. The molecule has 0 rings (SSSR count). The van der Waals surface area contributed by atoms with Crippen molar-refractivity contribution in [1.82, 2.24) is 0 Å². The molecule has 0 aliphatic carbocycles. The number of halogens is 1. The van der Waals surface area contributed by atoms with E-state index in [2.05, 4.69) is 34.8 Å². The molecule has 1 nitrogen and oxygen atoms in total. The minimum absolute atomic E-state index is 0.315. The van der Waals surface area contributed by atoms with Crippen molar-refractivity contribution >= 4 is 22.7 Å². The van der Waals surface area contributed by atoms with Crippen molar-refractivity contribution in [2.45, 2.75) is 25.4 Å². The van der Waals surface area contributed by atoms with Gasteiger partial charge in [-0.1, -0.05) is 13.5 Å². The van der Waals surface area contributed by atoms with Gasteiger partial charge in [-0.25, -0.2) is 0 Å². The molecule has 0 aromatic rings. The molecule has 0 aromatic carbocycles. The monoisotopic (exact) mass is 191 g/mol. The molecule has 46 valence electrons. The van der Waals surface area contributed by atoms with Crippen LogP contribution in [0, 0.1) is 11.3 Å². The standard InChI is InChI=1S/C5H10BrNSi/c1-3-5(4-7)8(2)6/h5,8H,3H2,1-2H3. The SMILES string of the molecule is CCC(C#N)[SiH](C)Br. The van der Waals surface area contributed by atoms with Crippen LogP contribution < -0.4 is 0 Å². The highest BCUT2D eigenvalue weighted by Gasteiger charge is 2.11. The van der Waals surface area contributed by atoms with E-state index >= 15 is 0 Å². The predicted molar refractivity (Wildman–Crippen MR) is 41.6 cm³/mol. The summed E-state index contributed by atoms with van der Waals surface area (Å²) in [5.41, 5.74) is 0.315. The van der Waals surface area contributed by atoms with Crippen LogP contribution in [0.25, 0.3) is 0 Å². The lowest BCUT2D eigenvalue weighted by Crippen LogP contribution is -2.04. The van der Waals surface area contributed by atoms with Gasteiger partial charge in [0, 0.05) is 5.54 Å². The van der Waals surface area contributed by atoms with E-state index in [1.807, 2.05) is 0 Å². The molecule has 0 aliphatic heterocycles. The van der Waals surface area contributed by atoms with Crippen LogP contribution in [0.15, 0.2) is 0 Å². The Kier molecular flexibility index (Phi) is 4.20. The maximum atomic E-state index is 8.45. The molecule has 0 aliphatic rings. The lowest BCUT2D eigenvalue weighted by Gasteiger charge is -2.03. The maximum absolute atomic E-state index is 8.45. The summed E-state index contributed by atoms with van der Waals surface area (Å²) in [6, 6.07) is 2.27. The molecule has 8 heavy (non-hydrogen) atoms. The number of nitrogens with zero attached hydrogens (tertiary/aromatic N) is 1. The quantitative estimate of drug-likeness (QED) is 0.485. The molecule has 2 atom stereocenters. The third-order valence-corrected chi connectivity index (χ3v) is 4.80. The van der Waals surface area contributed by atoms with E-state index in [-0.39, 0.29) is 0 Å². The highest BCUT2D eigenvalue weighted by atomic mass is 79.9. The fourth-order valence-corrected chi connectivity index (χ4v) is 2.85. The largest absolute Gasteiger partial charge is 0.198 e. The summed E-state index contributed by atoms with van der Waals surface area (Å²) < 4.78 is 0. The summed E-state index contributed by atoms with van der Waals surface area (Å²) in [6.07, 6.45) is 0.995. The minimum atomic E-state index is -0.834. The molecule has 0 radical (unpaired) electrons. The van der Waals surface area contributed by atoms with E-state index in [1.54, 1.807) is 0 Å². The van der Waals surface area contributed by atoms with E-state index in [0.717, 1.165) is 6.42 Å². The van der Waals surface area contributed by atoms with Crippen molar-refractivity contribution < 1.29 is 0 Å². The lowest BCUT2D eigenvalue weighted by atomic mass is 10.4. The van der Waals surface area contributed by atoms with Crippen LogP contribution >= 0.6 is 15.3 Å². The second-order valence-corrected chi connectivity index (χ2v) is 8.31. The zero-order chi connectivity index (χ0) is 6.57. The van der Waals surface area contributed by atoms with Crippen molar-refractivity contribution in [3.05, 3.63) is 0 Å². The van der Waals surface area contributed by atoms with Gasteiger partial charge in [-0.3, -0.25) is 0 Å². The van der Waals surface area contributed by atoms with Gasteiger partial charge >= 0.3 is 0 Å². The topological polar surface area (TPSA) is 23.8 Å². The van der Waals surface area contributed by atoms with Gasteiger partial charge in [0.1, 0.15) is 7.42 Å². The van der Waals surface area contributed by atoms with Crippen LogP contribution in [-0.2, 0) is 0 Å². The molecule has 0 bridgehead atoms. The van der Waals surface area contributed by atoms with E-state index < -0.39 is 7.42 Å². The summed E-state index contributed by atoms with van der Waals surface area (Å²) in [5.74, 6) is 0. The molecule has 0 amide bonds. The Balaban J connectivity index is 3.57. The Bertz CT molecular complexity index is 97.1. The van der Waals surface area contributed by atoms with Gasteiger partial charge in [0.05, 0.1) is 6.07 Å². The Labute approximate surface area is 59.9 Å². The van der Waals surface area contributed by atoms with Gasteiger partial charge in [0.2, 0.25) is 0 Å². The first-order valence-electron chi connectivity index (χ1n) is 2.76. The van der Waals surface area contributed by atoms with Crippen molar-refractivity contribution in [3.8, 4) is 6.07 Å². The molecule has 0 saturated carbocycles. The fraction of sp³-hybridized carbons (Fsp3) is 0.800. The predicted octanol–water partition coefficient (Wildman–Crippen LogP) is 2.04. The van der Waals surface area contributed by atoms with E-state index in [1.165, 1.54) is 0 Å². The Morgan fingerprint density at radius 2 is 2.38 bits per heavy atom. The van der Waals surface area contributed by atoms with Crippen molar-refractivity contribution in [2.24, 2.45) is 0 Å². The van der Waals surface area contributed by atoms with Crippen LogP contribution in [0.1, 0.15) is 13.3 Å². The van der Waals surface area contributed by atoms with Crippen molar-refractivity contribution in [1.29, 1.82) is 5.26 Å². The average molecular weight is 192 g/mol. The summed E-state index contributed by atoms with van der Waals surface area (Å²) in [6.45, 7) is 4.19. The average Bonchev–Trinajstić information content (AvgIpc) is 1.69. The molecule has 0 N–H and O–H groups in total. The summed E-state index contributed by atoms with van der Waals surface area (Å²) in [4.78, 5) is 0. The van der Waals surface area contributed by atoms with Crippen molar-refractivity contribution in [2.75, 3.05) is 0 Å². The fourth-order valence-electron chi connectivity index (χ4n) is 0.519. The van der Waals surface area contributed by atoms with Crippen LogP contribution in [0.2, 0.25) is 12.1 Å². The van der Waals surface area contributed by atoms with Gasteiger partial charge in [0.25, 0.3) is 0 Å². The Morgan fingerprint density at radius 3 is 2.38 bits per heavy atom. The van der Waals surface area contributed by atoms with Crippen LogP contribution in [0.5, 0.6) is 0 Å². The van der Waals surface area contributed by atoms with Gasteiger partial charge in [-0.15, -0.1) is 15.3 Å². The highest BCUT2D eigenvalue weighted by Crippen LogP contribution is 2.16. The maximum Gasteiger partial charge on any atom is 0.129 e. The summed E-state index contributed by atoms with van der Waals surface area (Å²) in [7, 11) is -0.834. The molecule has 0 spiro atoms. The van der Waals surface area contributed by atoms with Gasteiger partial charge in [-0.05, 0) is 6.42 Å². The number of rotatable bonds is 2. The Morgan fingerprint density at radius 1 is 1.88 bits per heavy atom. The smallest absolute Gasteiger partial charge is 0.129 e. The molecular weight excluding hydrogens is 182 g/mol. The van der Waals surface area contributed by atoms with Gasteiger partial charge in [-0.2, -0.15) is 5.26 Å². The first kappa shape index (κ1) is 8.19. The molecule has 0 aromatic heterocycles. The third-order valence-electron chi connectivity index (χ3n) is 1.16. The number of hydrogen-bond acceptors (Lipinski definition) is 1. The first-order chi connectivity index (χ1) is 3.72. The molecule has 0 saturated heterocycles. The van der Waals surface area contributed by atoms with E-state index in [4.69, 9.17) is 5.26 Å². The molecule has 3 heteroatoms. The highest BCUT2D eigenvalue weighted by molar-refractivity contribution is 9.24. The van der Waals surface area contributed by atoms with Crippen LogP contribution in [0.4, 0.5) is 0 Å². The van der Waals surface area contributed by atoms with Crippen molar-refractivity contribution in [3.63, 3.8) is 0 Å². The molecule has 0 heterocycles.